The van der Waals surface area contributed by atoms with E-state index in [9.17, 15) is 12.8 Å². The number of rotatable bonds is 8. The number of halogens is 1. The second kappa shape index (κ2) is 8.51. The van der Waals surface area contributed by atoms with Gasteiger partial charge in [0.05, 0.1) is 29.4 Å². The zero-order valence-electron chi connectivity index (χ0n) is 17.9. The van der Waals surface area contributed by atoms with Crippen molar-refractivity contribution in [2.45, 2.75) is 55.8 Å². The highest BCUT2D eigenvalue weighted by Gasteiger charge is 2.37. The Balaban J connectivity index is 1.75. The zero-order valence-corrected chi connectivity index (χ0v) is 18.7. The molecule has 3 N–H and O–H groups in total. The minimum atomic E-state index is -3.31. The van der Waals surface area contributed by atoms with Crippen molar-refractivity contribution in [2.75, 3.05) is 6.54 Å². The summed E-state index contributed by atoms with van der Waals surface area (Å²) in [6.45, 7) is 4.71. The Morgan fingerprint density at radius 2 is 2.06 bits per heavy atom. The fourth-order valence-corrected chi connectivity index (χ4v) is 5.63. The predicted octanol–water partition coefficient (Wildman–Crippen LogP) is 3.18. The van der Waals surface area contributed by atoms with Gasteiger partial charge in [0, 0.05) is 36.1 Å². The summed E-state index contributed by atoms with van der Waals surface area (Å²) in [6.07, 6.45) is 6.85. The summed E-state index contributed by atoms with van der Waals surface area (Å²) < 4.78 is 41.3. The lowest BCUT2D eigenvalue weighted by Crippen LogP contribution is -2.49. The third-order valence-electron chi connectivity index (χ3n) is 5.62. The second-order valence-corrected chi connectivity index (χ2v) is 10.5. The average molecular weight is 444 g/mol. The van der Waals surface area contributed by atoms with Crippen molar-refractivity contribution in [1.29, 1.82) is 0 Å². The van der Waals surface area contributed by atoms with Gasteiger partial charge in [-0.15, -0.1) is 0 Å². The molecular formula is C23H28FN4O2S+. The van der Waals surface area contributed by atoms with E-state index in [-0.39, 0.29) is 28.6 Å². The summed E-state index contributed by atoms with van der Waals surface area (Å²) in [6, 6.07) is 7.23. The van der Waals surface area contributed by atoms with Crippen LogP contribution >= 0.6 is 0 Å². The van der Waals surface area contributed by atoms with Crippen molar-refractivity contribution in [2.24, 2.45) is 0 Å². The monoisotopic (exact) mass is 443 g/mol. The first kappa shape index (κ1) is 21.6. The molecule has 6 nitrogen and oxygen atoms in total. The number of fused-ring (bicyclic) bond motifs is 1. The van der Waals surface area contributed by atoms with Crippen molar-refractivity contribution in [3.05, 3.63) is 65.4 Å². The van der Waals surface area contributed by atoms with Gasteiger partial charge in [0.15, 0.2) is 14.9 Å². The van der Waals surface area contributed by atoms with Crippen LogP contribution in [0.15, 0.2) is 53.6 Å². The Morgan fingerprint density at radius 3 is 2.68 bits per heavy atom. The molecule has 3 heterocycles. The van der Waals surface area contributed by atoms with E-state index in [0.29, 0.717) is 25.8 Å². The summed E-state index contributed by atoms with van der Waals surface area (Å²) in [5.41, 5.74) is 8.36. The lowest BCUT2D eigenvalue weighted by molar-refractivity contribution is -0.353. The fourth-order valence-electron chi connectivity index (χ4n) is 4.08. The van der Waals surface area contributed by atoms with E-state index in [4.69, 9.17) is 0 Å². The Bertz CT molecular complexity index is 1230. The normalized spacial score (nSPS) is 15.2. The number of pyridine rings is 2. The molecule has 3 aromatic heterocycles. The lowest BCUT2D eigenvalue weighted by atomic mass is 9.99. The van der Waals surface area contributed by atoms with Crippen LogP contribution in [0, 0.1) is 0 Å². The quantitative estimate of drug-likeness (QED) is 0.579. The number of allylic oxidation sites excluding steroid dienone is 1. The molecule has 0 atom stereocenters. The van der Waals surface area contributed by atoms with E-state index >= 15 is 0 Å². The van der Waals surface area contributed by atoms with Gasteiger partial charge in [-0.1, -0.05) is 19.9 Å². The van der Waals surface area contributed by atoms with Crippen LogP contribution in [0.3, 0.4) is 0 Å². The van der Waals surface area contributed by atoms with Gasteiger partial charge >= 0.3 is 0 Å². The van der Waals surface area contributed by atoms with Gasteiger partial charge in [-0.2, -0.15) is 0 Å². The highest BCUT2D eigenvalue weighted by Crippen LogP contribution is 2.34. The first-order valence-electron chi connectivity index (χ1n) is 10.6. The van der Waals surface area contributed by atoms with Crippen LogP contribution in [0.25, 0.3) is 11.0 Å². The van der Waals surface area contributed by atoms with E-state index in [2.05, 4.69) is 29.5 Å². The molecule has 1 aliphatic carbocycles. The maximum atomic E-state index is 14.4. The summed E-state index contributed by atoms with van der Waals surface area (Å²) in [7, 11) is -3.31. The second-order valence-electron chi connectivity index (χ2n) is 8.34. The smallest absolute Gasteiger partial charge is 0.198 e. The third kappa shape index (κ3) is 4.27. The van der Waals surface area contributed by atoms with E-state index in [1.807, 2.05) is 22.8 Å². The molecule has 0 radical (unpaired) electrons. The number of hydrogen-bond donors (Lipinski definition) is 1. The largest absolute Gasteiger partial charge is 0.354 e. The summed E-state index contributed by atoms with van der Waals surface area (Å²) >= 11 is 0. The van der Waals surface area contributed by atoms with Crippen molar-refractivity contribution in [3.63, 3.8) is 0 Å². The lowest BCUT2D eigenvalue weighted by Gasteiger charge is -2.14. The van der Waals surface area contributed by atoms with Crippen LogP contribution in [0.1, 0.15) is 49.4 Å². The Labute approximate surface area is 181 Å². The van der Waals surface area contributed by atoms with Crippen LogP contribution in [0.2, 0.25) is 0 Å². The number of sulfone groups is 1. The zero-order chi connectivity index (χ0) is 22.2. The van der Waals surface area contributed by atoms with Crippen LogP contribution in [0.5, 0.6) is 0 Å². The molecule has 0 spiro atoms. The molecule has 8 heteroatoms. The van der Waals surface area contributed by atoms with Gasteiger partial charge in [0.2, 0.25) is 0 Å². The SMILES string of the molecule is CC(C)c1c(Cc2ccc(S(=O)(=O)C3CC3)nc2)c2ncccc2n1C/C(F)=C/C[NH3+]. The van der Waals surface area contributed by atoms with Gasteiger partial charge in [-0.25, -0.2) is 17.8 Å². The number of aromatic nitrogens is 3. The molecule has 0 aliphatic heterocycles. The maximum Gasteiger partial charge on any atom is 0.198 e. The van der Waals surface area contributed by atoms with Gasteiger partial charge in [0.1, 0.15) is 5.83 Å². The number of quaternary nitrogens is 1. The van der Waals surface area contributed by atoms with E-state index < -0.39 is 9.84 Å². The highest BCUT2D eigenvalue weighted by atomic mass is 32.2. The minimum Gasteiger partial charge on any atom is -0.354 e. The van der Waals surface area contributed by atoms with Gasteiger partial charge in [-0.05, 0) is 42.5 Å². The first-order chi connectivity index (χ1) is 14.8. The molecule has 31 heavy (non-hydrogen) atoms. The molecule has 0 saturated heterocycles. The molecule has 0 unspecified atom stereocenters. The van der Waals surface area contributed by atoms with E-state index in [1.54, 1.807) is 18.5 Å². The molecule has 0 aromatic carbocycles. The molecular weight excluding hydrogens is 415 g/mol. The average Bonchev–Trinajstić information content (AvgIpc) is 3.55. The Morgan fingerprint density at radius 1 is 1.29 bits per heavy atom. The number of hydrogen-bond acceptors (Lipinski definition) is 4. The standard InChI is InChI=1S/C23H27FN4O2S/c1-15(2)23-19(12-16-5-8-21(27-13-16)31(29,30)18-6-7-18)22-20(4-3-11-26-22)28(23)14-17(24)9-10-25/h3-5,8-9,11,13,15,18H,6-7,10,12,14,25H2,1-2H3/p+1/b17-9-. The molecule has 1 saturated carbocycles. The van der Waals surface area contributed by atoms with Crippen LogP contribution < -0.4 is 5.73 Å². The Hall–Kier alpha value is -2.58. The molecule has 4 rings (SSSR count). The van der Waals surface area contributed by atoms with Crippen molar-refractivity contribution >= 4 is 20.9 Å². The first-order valence-corrected chi connectivity index (χ1v) is 12.2. The molecule has 1 aliphatic rings. The van der Waals surface area contributed by atoms with Crippen molar-refractivity contribution in [3.8, 4) is 0 Å². The third-order valence-corrected chi connectivity index (χ3v) is 7.79. The van der Waals surface area contributed by atoms with Crippen LogP contribution in [-0.2, 0) is 22.8 Å². The number of nitrogens with zero attached hydrogens (tertiary/aromatic N) is 3. The summed E-state index contributed by atoms with van der Waals surface area (Å²) in [4.78, 5) is 8.84. The maximum absolute atomic E-state index is 14.4. The highest BCUT2D eigenvalue weighted by molar-refractivity contribution is 7.92. The van der Waals surface area contributed by atoms with Gasteiger partial charge < -0.3 is 10.3 Å². The van der Waals surface area contributed by atoms with Crippen LogP contribution in [-0.4, -0.2) is 34.7 Å². The topological polar surface area (TPSA) is 92.5 Å². The van der Waals surface area contributed by atoms with Crippen molar-refractivity contribution < 1.29 is 18.5 Å². The molecule has 0 bridgehead atoms. The van der Waals surface area contributed by atoms with Gasteiger partial charge in [0.25, 0.3) is 0 Å². The molecule has 0 amide bonds. The van der Waals surface area contributed by atoms with Gasteiger partial charge in [-0.3, -0.25) is 4.98 Å². The summed E-state index contributed by atoms with van der Waals surface area (Å²) in [5.74, 6) is -0.0697. The van der Waals surface area contributed by atoms with E-state index in [0.717, 1.165) is 27.9 Å². The molecule has 1 fully saturated rings. The van der Waals surface area contributed by atoms with Crippen molar-refractivity contribution in [1.82, 2.24) is 14.5 Å². The molecule has 164 valence electrons. The Kier molecular flexibility index (Phi) is 5.94. The predicted molar refractivity (Wildman–Crippen MR) is 118 cm³/mol. The summed E-state index contributed by atoms with van der Waals surface area (Å²) in [5, 5.41) is -0.134. The van der Waals surface area contributed by atoms with Crippen LogP contribution in [0.4, 0.5) is 4.39 Å². The minimum absolute atomic E-state index is 0.141. The molecule has 3 aromatic rings. The van der Waals surface area contributed by atoms with E-state index in [1.165, 1.54) is 6.08 Å². The fraction of sp³-hybridized carbons (Fsp3) is 0.391.